The van der Waals surface area contributed by atoms with E-state index in [-0.39, 0.29) is 12.3 Å². The van der Waals surface area contributed by atoms with Crippen LogP contribution in [0.2, 0.25) is 0 Å². The predicted octanol–water partition coefficient (Wildman–Crippen LogP) is 2.51. The van der Waals surface area contributed by atoms with Crippen LogP contribution < -0.4 is 0 Å². The molecule has 0 spiro atoms. The molecule has 5 heteroatoms. The second-order valence-electron chi connectivity index (χ2n) is 6.13. The van der Waals surface area contributed by atoms with Gasteiger partial charge in [-0.1, -0.05) is 30.3 Å². The first-order valence-electron chi connectivity index (χ1n) is 7.27. The molecule has 1 heterocycles. The van der Waals surface area contributed by atoms with Crippen molar-refractivity contribution in [2.24, 2.45) is 0 Å². The summed E-state index contributed by atoms with van der Waals surface area (Å²) in [7, 11) is 1.71. The molecule has 1 aromatic heterocycles. The molecule has 4 nitrogen and oxygen atoms in total. The molecule has 1 N–H and O–H groups in total. The smallest absolute Gasteiger partial charge is 0.228 e. The van der Waals surface area contributed by atoms with E-state index in [0.717, 1.165) is 17.1 Å². The molecule has 0 aliphatic carbocycles. The zero-order valence-corrected chi connectivity index (χ0v) is 14.1. The highest BCUT2D eigenvalue weighted by molar-refractivity contribution is 7.09. The van der Waals surface area contributed by atoms with E-state index in [1.165, 1.54) is 5.56 Å². The van der Waals surface area contributed by atoms with Crippen LogP contribution >= 0.6 is 11.3 Å². The van der Waals surface area contributed by atoms with Crippen molar-refractivity contribution < 1.29 is 9.90 Å². The maximum atomic E-state index is 12.1. The van der Waals surface area contributed by atoms with Gasteiger partial charge in [0.05, 0.1) is 22.7 Å². The first-order valence-corrected chi connectivity index (χ1v) is 8.15. The summed E-state index contributed by atoms with van der Waals surface area (Å²) in [4.78, 5) is 18.2. The summed E-state index contributed by atoms with van der Waals surface area (Å²) in [6.45, 7) is 3.70. The normalized spacial score (nSPS) is 11.5. The summed E-state index contributed by atoms with van der Waals surface area (Å²) in [6.07, 6.45) is 1.07. The Hall–Kier alpha value is -1.72. The lowest BCUT2D eigenvalue weighted by molar-refractivity contribution is -0.131. The third-order valence-electron chi connectivity index (χ3n) is 3.18. The van der Waals surface area contributed by atoms with Gasteiger partial charge < -0.3 is 10.0 Å². The number of aliphatic hydroxyl groups is 1. The van der Waals surface area contributed by atoms with E-state index in [0.29, 0.717) is 6.54 Å². The predicted molar refractivity (Wildman–Crippen MR) is 89.0 cm³/mol. The maximum absolute atomic E-state index is 12.1. The van der Waals surface area contributed by atoms with Gasteiger partial charge in [0, 0.05) is 25.4 Å². The molecule has 2 rings (SSSR count). The highest BCUT2D eigenvalue weighted by Gasteiger charge is 2.20. The number of rotatable bonds is 6. The van der Waals surface area contributed by atoms with Crippen molar-refractivity contribution in [2.45, 2.75) is 32.3 Å². The minimum absolute atomic E-state index is 0.0290. The van der Waals surface area contributed by atoms with E-state index in [9.17, 15) is 9.90 Å². The molecule has 0 fully saturated rings. The Labute approximate surface area is 135 Å². The van der Waals surface area contributed by atoms with Gasteiger partial charge in [-0.2, -0.15) is 0 Å². The van der Waals surface area contributed by atoms with Gasteiger partial charge in [0.25, 0.3) is 0 Å². The summed E-state index contributed by atoms with van der Waals surface area (Å²) < 4.78 is 0. The van der Waals surface area contributed by atoms with Gasteiger partial charge >= 0.3 is 0 Å². The third kappa shape index (κ3) is 5.24. The second kappa shape index (κ2) is 7.03. The number of benzene rings is 1. The summed E-state index contributed by atoms with van der Waals surface area (Å²) >= 11 is 1.58. The van der Waals surface area contributed by atoms with Crippen molar-refractivity contribution in [3.63, 3.8) is 0 Å². The fourth-order valence-corrected chi connectivity index (χ4v) is 3.07. The molecule has 1 aromatic carbocycles. The first-order chi connectivity index (χ1) is 10.3. The number of hydrogen-bond acceptors (Lipinski definition) is 4. The second-order valence-corrected chi connectivity index (χ2v) is 7.08. The van der Waals surface area contributed by atoms with Crippen LogP contribution in [0.4, 0.5) is 0 Å². The van der Waals surface area contributed by atoms with Gasteiger partial charge in [-0.15, -0.1) is 11.3 Å². The topological polar surface area (TPSA) is 53.4 Å². The van der Waals surface area contributed by atoms with E-state index in [1.54, 1.807) is 37.1 Å². The zero-order chi connectivity index (χ0) is 16.2. The van der Waals surface area contributed by atoms with Gasteiger partial charge in [0.15, 0.2) is 0 Å². The van der Waals surface area contributed by atoms with Gasteiger partial charge in [-0.25, -0.2) is 4.98 Å². The van der Waals surface area contributed by atoms with Gasteiger partial charge in [-0.3, -0.25) is 4.79 Å². The minimum Gasteiger partial charge on any atom is -0.389 e. The highest BCUT2D eigenvalue weighted by Crippen LogP contribution is 2.16. The first kappa shape index (κ1) is 16.6. The number of thiazole rings is 1. The minimum atomic E-state index is -0.884. The van der Waals surface area contributed by atoms with Crippen LogP contribution in [-0.2, 0) is 17.6 Å². The largest absolute Gasteiger partial charge is 0.389 e. The van der Waals surface area contributed by atoms with E-state index < -0.39 is 5.60 Å². The van der Waals surface area contributed by atoms with Crippen LogP contribution in [0.3, 0.4) is 0 Å². The van der Waals surface area contributed by atoms with E-state index in [2.05, 4.69) is 17.1 Å². The Balaban J connectivity index is 1.93. The summed E-state index contributed by atoms with van der Waals surface area (Å²) in [5, 5.41) is 12.7. The Kier molecular flexibility index (Phi) is 5.32. The maximum Gasteiger partial charge on any atom is 0.228 e. The SMILES string of the molecule is CN(CC(C)(C)O)C(=O)Cc1csc(Cc2ccccc2)n1. The molecule has 0 atom stereocenters. The lowest BCUT2D eigenvalue weighted by Gasteiger charge is -2.25. The molecular formula is C17H22N2O2S. The molecule has 0 aliphatic heterocycles. The van der Waals surface area contributed by atoms with Crippen LogP contribution in [0.15, 0.2) is 35.7 Å². The fraction of sp³-hybridized carbons (Fsp3) is 0.412. The molecule has 118 valence electrons. The molecule has 0 bridgehead atoms. The number of carbonyl (C=O) groups excluding carboxylic acids is 1. The van der Waals surface area contributed by atoms with Crippen LogP contribution in [0.5, 0.6) is 0 Å². The molecule has 0 unspecified atom stereocenters. The fourth-order valence-electron chi connectivity index (χ4n) is 2.24. The number of amides is 1. The van der Waals surface area contributed by atoms with Crippen molar-refractivity contribution in [3.05, 3.63) is 52.0 Å². The van der Waals surface area contributed by atoms with Gasteiger partial charge in [0.1, 0.15) is 0 Å². The van der Waals surface area contributed by atoms with Crippen molar-refractivity contribution in [1.82, 2.24) is 9.88 Å². The van der Waals surface area contributed by atoms with E-state index in [4.69, 9.17) is 0 Å². The Morgan fingerprint density at radius 1 is 1.32 bits per heavy atom. The van der Waals surface area contributed by atoms with E-state index >= 15 is 0 Å². The molecule has 0 saturated carbocycles. The Morgan fingerprint density at radius 2 is 2.00 bits per heavy atom. The highest BCUT2D eigenvalue weighted by atomic mass is 32.1. The molecule has 2 aromatic rings. The van der Waals surface area contributed by atoms with Crippen LogP contribution in [-0.4, -0.2) is 40.1 Å². The Morgan fingerprint density at radius 3 is 2.64 bits per heavy atom. The standard InChI is InChI=1S/C17H22N2O2S/c1-17(2,21)12-19(3)16(20)10-14-11-22-15(18-14)9-13-7-5-4-6-8-13/h4-8,11,21H,9-10,12H2,1-3H3. The number of aromatic nitrogens is 1. The number of likely N-dealkylation sites (N-methyl/N-ethyl adjacent to an activating group) is 1. The molecular weight excluding hydrogens is 296 g/mol. The van der Waals surface area contributed by atoms with Crippen LogP contribution in [0.1, 0.15) is 30.1 Å². The summed E-state index contributed by atoms with van der Waals surface area (Å²) in [6, 6.07) is 10.2. The lowest BCUT2D eigenvalue weighted by Crippen LogP contribution is -2.40. The summed E-state index contributed by atoms with van der Waals surface area (Å²) in [5.74, 6) is -0.0290. The van der Waals surface area contributed by atoms with Gasteiger partial charge in [-0.05, 0) is 19.4 Å². The zero-order valence-electron chi connectivity index (χ0n) is 13.2. The van der Waals surface area contributed by atoms with Crippen LogP contribution in [0.25, 0.3) is 0 Å². The van der Waals surface area contributed by atoms with Crippen molar-refractivity contribution >= 4 is 17.2 Å². The third-order valence-corrected chi connectivity index (χ3v) is 4.08. The lowest BCUT2D eigenvalue weighted by atomic mass is 10.1. The molecule has 0 radical (unpaired) electrons. The monoisotopic (exact) mass is 318 g/mol. The molecule has 0 aliphatic rings. The number of carbonyl (C=O) groups is 1. The molecule has 1 amide bonds. The van der Waals surface area contributed by atoms with Crippen molar-refractivity contribution in [2.75, 3.05) is 13.6 Å². The van der Waals surface area contributed by atoms with Crippen molar-refractivity contribution in [1.29, 1.82) is 0 Å². The molecule has 22 heavy (non-hydrogen) atoms. The number of nitrogens with zero attached hydrogens (tertiary/aromatic N) is 2. The van der Waals surface area contributed by atoms with Crippen molar-refractivity contribution in [3.8, 4) is 0 Å². The summed E-state index contributed by atoms with van der Waals surface area (Å²) in [5.41, 5.74) is 1.13. The average molecular weight is 318 g/mol. The average Bonchev–Trinajstić information content (AvgIpc) is 2.85. The van der Waals surface area contributed by atoms with Gasteiger partial charge in [0.2, 0.25) is 5.91 Å². The van der Waals surface area contributed by atoms with Crippen LogP contribution in [0, 0.1) is 0 Å². The van der Waals surface area contributed by atoms with E-state index in [1.807, 2.05) is 23.6 Å². The number of hydrogen-bond donors (Lipinski definition) is 1. The quantitative estimate of drug-likeness (QED) is 0.890. The molecule has 0 saturated heterocycles. The Bertz CT molecular complexity index is 617.